The summed E-state index contributed by atoms with van der Waals surface area (Å²) in [5, 5.41) is 7.60. The summed E-state index contributed by atoms with van der Waals surface area (Å²) < 4.78 is 22.4. The van der Waals surface area contributed by atoms with Crippen molar-refractivity contribution in [2.24, 2.45) is 16.3 Å². The molecule has 0 aliphatic carbocycles. The van der Waals surface area contributed by atoms with E-state index >= 15 is 0 Å². The lowest BCUT2D eigenvalue weighted by molar-refractivity contribution is -0.119. The van der Waals surface area contributed by atoms with E-state index in [0.717, 1.165) is 0 Å². The lowest BCUT2D eigenvalue weighted by Gasteiger charge is -2.25. The minimum atomic E-state index is -3.79. The van der Waals surface area contributed by atoms with Crippen LogP contribution >= 0.6 is 0 Å². The summed E-state index contributed by atoms with van der Waals surface area (Å²) in [6.07, 6.45) is 0. The van der Waals surface area contributed by atoms with E-state index in [9.17, 15) is 13.2 Å². The monoisotopic (exact) mass is 285 g/mol. The van der Waals surface area contributed by atoms with Crippen molar-refractivity contribution in [3.8, 4) is 0 Å². The summed E-state index contributed by atoms with van der Waals surface area (Å²) in [6.45, 7) is 5.54. The van der Waals surface area contributed by atoms with Gasteiger partial charge in [-0.3, -0.25) is 4.79 Å². The fraction of sp³-hybridized carbons (Fsp3) is 0.417. The van der Waals surface area contributed by atoms with E-state index in [4.69, 9.17) is 10.9 Å². The van der Waals surface area contributed by atoms with Crippen LogP contribution in [0.1, 0.15) is 20.8 Å². The van der Waals surface area contributed by atoms with E-state index in [1.165, 1.54) is 18.2 Å². The molecule has 0 aliphatic heterocycles. The minimum Gasteiger partial charge on any atom is -0.325 e. The number of rotatable bonds is 3. The van der Waals surface area contributed by atoms with Crippen molar-refractivity contribution in [2.45, 2.75) is 31.7 Å². The average Bonchev–Trinajstić information content (AvgIpc) is 2.26. The van der Waals surface area contributed by atoms with Gasteiger partial charge in [0.05, 0.1) is 10.9 Å². The third-order valence-electron chi connectivity index (χ3n) is 2.65. The number of hydrogen-bond donors (Lipinski definition) is 3. The van der Waals surface area contributed by atoms with Crippen molar-refractivity contribution in [1.82, 2.24) is 0 Å². The zero-order chi connectivity index (χ0) is 14.8. The average molecular weight is 285 g/mol. The summed E-state index contributed by atoms with van der Waals surface area (Å²) in [7, 11) is -3.79. The van der Waals surface area contributed by atoms with Gasteiger partial charge in [-0.2, -0.15) is 0 Å². The molecule has 5 N–H and O–H groups in total. The van der Waals surface area contributed by atoms with E-state index < -0.39 is 16.1 Å². The molecule has 7 heteroatoms. The second-order valence-electron chi connectivity index (χ2n) is 5.41. The minimum absolute atomic E-state index is 0.0605. The van der Waals surface area contributed by atoms with Gasteiger partial charge in [0.25, 0.3) is 0 Å². The normalized spacial score (nSPS) is 13.9. The van der Waals surface area contributed by atoms with Gasteiger partial charge in [-0.05, 0) is 23.6 Å². The number of sulfonamides is 1. The Balaban J connectivity index is 2.93. The largest absolute Gasteiger partial charge is 0.325 e. The molecule has 6 nitrogen and oxygen atoms in total. The number of hydrogen-bond acceptors (Lipinski definition) is 4. The van der Waals surface area contributed by atoms with Crippen molar-refractivity contribution in [3.63, 3.8) is 0 Å². The van der Waals surface area contributed by atoms with Gasteiger partial charge in [-0.25, -0.2) is 13.6 Å². The lowest BCUT2D eigenvalue weighted by Crippen LogP contribution is -2.45. The Morgan fingerprint density at radius 3 is 2.37 bits per heavy atom. The molecule has 0 heterocycles. The van der Waals surface area contributed by atoms with Gasteiger partial charge in [-0.15, -0.1) is 0 Å². The molecule has 0 aromatic heterocycles. The highest BCUT2D eigenvalue weighted by atomic mass is 32.2. The van der Waals surface area contributed by atoms with Crippen LogP contribution in [0.2, 0.25) is 0 Å². The van der Waals surface area contributed by atoms with Gasteiger partial charge < -0.3 is 11.1 Å². The fourth-order valence-corrected chi connectivity index (χ4v) is 1.92. The smallest absolute Gasteiger partial charge is 0.241 e. The number of primary sulfonamides is 1. The highest BCUT2D eigenvalue weighted by Crippen LogP contribution is 2.20. The zero-order valence-corrected chi connectivity index (χ0v) is 12.0. The van der Waals surface area contributed by atoms with Crippen molar-refractivity contribution in [1.29, 1.82) is 0 Å². The van der Waals surface area contributed by atoms with E-state index in [2.05, 4.69) is 5.32 Å². The second kappa shape index (κ2) is 5.28. The summed E-state index contributed by atoms with van der Waals surface area (Å²) >= 11 is 0. The van der Waals surface area contributed by atoms with Gasteiger partial charge in [-0.1, -0.05) is 26.8 Å². The number of carbonyl (C=O) groups is 1. The zero-order valence-electron chi connectivity index (χ0n) is 11.2. The van der Waals surface area contributed by atoms with Gasteiger partial charge in [0.2, 0.25) is 15.9 Å². The highest BCUT2D eigenvalue weighted by Gasteiger charge is 2.27. The first-order valence-corrected chi connectivity index (χ1v) is 7.26. The molecule has 0 fully saturated rings. The molecule has 1 atom stereocenters. The molecule has 0 saturated carbocycles. The number of nitrogens with two attached hydrogens (primary N) is 2. The Kier molecular flexibility index (Phi) is 4.34. The van der Waals surface area contributed by atoms with Crippen LogP contribution in [0.4, 0.5) is 5.69 Å². The first-order chi connectivity index (χ1) is 8.51. The van der Waals surface area contributed by atoms with Crippen LogP contribution < -0.4 is 16.2 Å². The number of anilines is 1. The van der Waals surface area contributed by atoms with Crippen LogP contribution in [0.25, 0.3) is 0 Å². The van der Waals surface area contributed by atoms with E-state index in [-0.39, 0.29) is 16.2 Å². The molecule has 0 aliphatic rings. The van der Waals surface area contributed by atoms with Gasteiger partial charge in [0.15, 0.2) is 0 Å². The first-order valence-electron chi connectivity index (χ1n) is 5.71. The Morgan fingerprint density at radius 1 is 1.32 bits per heavy atom. The number of carbonyl (C=O) groups excluding carboxylic acids is 1. The lowest BCUT2D eigenvalue weighted by atomic mass is 9.87. The van der Waals surface area contributed by atoms with Crippen LogP contribution in [0.5, 0.6) is 0 Å². The molecule has 0 radical (unpaired) electrons. The molecule has 1 amide bonds. The van der Waals surface area contributed by atoms with Gasteiger partial charge in [0.1, 0.15) is 0 Å². The van der Waals surface area contributed by atoms with E-state index in [1.54, 1.807) is 6.07 Å². The third-order valence-corrected chi connectivity index (χ3v) is 3.56. The van der Waals surface area contributed by atoms with Crippen LogP contribution in [0.15, 0.2) is 29.2 Å². The summed E-state index contributed by atoms with van der Waals surface area (Å²) in [4.78, 5) is 11.8. The number of nitrogens with one attached hydrogen (secondary N) is 1. The Morgan fingerprint density at radius 2 is 1.89 bits per heavy atom. The van der Waals surface area contributed by atoms with Gasteiger partial charge >= 0.3 is 0 Å². The second-order valence-corrected chi connectivity index (χ2v) is 6.97. The molecule has 0 saturated heterocycles. The van der Waals surface area contributed by atoms with Crippen LogP contribution in [-0.4, -0.2) is 20.4 Å². The molecule has 19 heavy (non-hydrogen) atoms. The third kappa shape index (κ3) is 4.30. The standard InChI is InChI=1S/C12H19N3O3S/c1-12(2,3)10(13)11(16)15-8-5-4-6-9(7-8)19(14,17)18/h4-7,10H,13H2,1-3H3,(H,15,16)(H2,14,17,18)/t10-/m1/s1. The Hall–Kier alpha value is -1.44. The molecular formula is C12H19N3O3S. The van der Waals surface area contributed by atoms with Crippen molar-refractivity contribution >= 4 is 21.6 Å². The molecule has 1 rings (SSSR count). The maximum atomic E-state index is 11.9. The number of amides is 1. The topological polar surface area (TPSA) is 115 Å². The van der Waals surface area contributed by atoms with Crippen molar-refractivity contribution in [2.75, 3.05) is 5.32 Å². The number of benzene rings is 1. The molecular weight excluding hydrogens is 266 g/mol. The van der Waals surface area contributed by atoms with Crippen LogP contribution in [0.3, 0.4) is 0 Å². The fourth-order valence-electron chi connectivity index (χ4n) is 1.36. The van der Waals surface area contributed by atoms with Gasteiger partial charge in [0, 0.05) is 5.69 Å². The maximum Gasteiger partial charge on any atom is 0.241 e. The maximum absolute atomic E-state index is 11.9. The molecule has 106 valence electrons. The molecule has 0 bridgehead atoms. The van der Waals surface area contributed by atoms with E-state index in [0.29, 0.717) is 5.69 Å². The van der Waals surface area contributed by atoms with E-state index in [1.807, 2.05) is 20.8 Å². The first kappa shape index (κ1) is 15.6. The summed E-state index contributed by atoms with van der Waals surface area (Å²) in [6, 6.07) is 5.02. The highest BCUT2D eigenvalue weighted by molar-refractivity contribution is 7.89. The van der Waals surface area contributed by atoms with Crippen LogP contribution in [-0.2, 0) is 14.8 Å². The quantitative estimate of drug-likeness (QED) is 0.756. The molecule has 1 aromatic carbocycles. The van der Waals surface area contributed by atoms with Crippen molar-refractivity contribution < 1.29 is 13.2 Å². The Labute approximate surface area is 113 Å². The predicted molar refractivity (Wildman–Crippen MR) is 73.9 cm³/mol. The summed E-state index contributed by atoms with van der Waals surface area (Å²) in [5.41, 5.74) is 5.77. The molecule has 1 aromatic rings. The van der Waals surface area contributed by atoms with Crippen LogP contribution in [0, 0.1) is 5.41 Å². The molecule has 0 unspecified atom stereocenters. The predicted octanol–water partition coefficient (Wildman–Crippen LogP) is 0.646. The Bertz CT molecular complexity index is 576. The van der Waals surface area contributed by atoms with Crippen molar-refractivity contribution in [3.05, 3.63) is 24.3 Å². The SMILES string of the molecule is CC(C)(C)[C@H](N)C(=O)Nc1cccc(S(N)(=O)=O)c1. The molecule has 0 spiro atoms. The summed E-state index contributed by atoms with van der Waals surface area (Å²) in [5.74, 6) is -0.376.